The Morgan fingerprint density at radius 3 is 2.74 bits per heavy atom. The van der Waals surface area contributed by atoms with E-state index >= 15 is 0 Å². The average Bonchev–Trinajstić information content (AvgIpc) is 2.66. The number of carbonyl (C=O) groups is 2. The molecule has 1 amide bonds. The first-order valence-electron chi connectivity index (χ1n) is 9.72. The number of rotatable bonds is 6. The van der Waals surface area contributed by atoms with Gasteiger partial charge in [-0.25, -0.2) is 0 Å². The second-order valence-electron chi connectivity index (χ2n) is 7.36. The second-order valence-corrected chi connectivity index (χ2v) is 7.36. The lowest BCUT2D eigenvalue weighted by Crippen LogP contribution is -2.40. The minimum absolute atomic E-state index is 0.0377. The van der Waals surface area contributed by atoms with E-state index in [0.29, 0.717) is 6.54 Å². The number of amides is 1. The largest absolute Gasteiger partial charge is 0.481 e. The molecule has 2 N–H and O–H groups in total. The van der Waals surface area contributed by atoms with Crippen LogP contribution in [0, 0.1) is 0 Å². The third-order valence-electron chi connectivity index (χ3n) is 5.47. The minimum Gasteiger partial charge on any atom is -0.481 e. The van der Waals surface area contributed by atoms with Gasteiger partial charge in [-0.15, -0.1) is 0 Å². The molecular formula is C20H29N3O4. The summed E-state index contributed by atoms with van der Waals surface area (Å²) in [5, 5.41) is 13.7. The highest BCUT2D eigenvalue weighted by molar-refractivity contribution is 5.89. The van der Waals surface area contributed by atoms with Gasteiger partial charge in [-0.2, -0.15) is 5.06 Å². The van der Waals surface area contributed by atoms with Crippen LogP contribution >= 0.6 is 0 Å². The molecule has 1 aromatic rings. The van der Waals surface area contributed by atoms with Crippen molar-refractivity contribution in [2.24, 2.45) is 0 Å². The first-order valence-corrected chi connectivity index (χ1v) is 9.72. The van der Waals surface area contributed by atoms with Crippen molar-refractivity contribution < 1.29 is 19.5 Å². The van der Waals surface area contributed by atoms with Crippen LogP contribution in [0.15, 0.2) is 18.2 Å². The van der Waals surface area contributed by atoms with Gasteiger partial charge in [0.15, 0.2) is 0 Å². The number of carbonyl (C=O) groups excluding carboxylic acids is 1. The summed E-state index contributed by atoms with van der Waals surface area (Å²) < 4.78 is 0. The molecule has 148 valence electrons. The number of nitrogens with zero attached hydrogens (tertiary/aromatic N) is 2. The van der Waals surface area contributed by atoms with Crippen molar-refractivity contribution in [2.75, 3.05) is 31.2 Å². The summed E-state index contributed by atoms with van der Waals surface area (Å²) in [5.74, 6) is -0.917. The van der Waals surface area contributed by atoms with E-state index in [2.05, 4.69) is 23.2 Å². The molecule has 0 saturated carbocycles. The summed E-state index contributed by atoms with van der Waals surface area (Å²) in [4.78, 5) is 31.3. The van der Waals surface area contributed by atoms with Crippen LogP contribution in [0.4, 0.5) is 5.69 Å². The maximum Gasteiger partial charge on any atom is 0.304 e. The molecule has 7 heteroatoms. The molecule has 1 aromatic carbocycles. The van der Waals surface area contributed by atoms with Gasteiger partial charge >= 0.3 is 5.97 Å². The van der Waals surface area contributed by atoms with Gasteiger partial charge in [0, 0.05) is 26.1 Å². The number of carboxylic acid groups (broad SMARTS) is 1. The SMILES string of the molecule is CC(=O)N(OC1CCNCC1)c1ccc2c(c1)C(C)N(CCC(=O)O)CC2. The van der Waals surface area contributed by atoms with Crippen molar-refractivity contribution in [1.82, 2.24) is 10.2 Å². The Balaban J connectivity index is 1.78. The standard InChI is InChI=1S/C20H29N3O4/c1-14-19-13-17(23(15(2)24)27-18-5-9-21-10-6-18)4-3-16(19)7-11-22(14)12-8-20(25)26/h3-4,13-14,18,21H,5-12H2,1-2H3,(H,25,26). The van der Waals surface area contributed by atoms with Crippen molar-refractivity contribution in [3.8, 4) is 0 Å². The van der Waals surface area contributed by atoms with Gasteiger partial charge in [0.05, 0.1) is 18.2 Å². The molecule has 2 aliphatic heterocycles. The molecule has 1 atom stereocenters. The van der Waals surface area contributed by atoms with E-state index in [-0.39, 0.29) is 24.5 Å². The Morgan fingerprint density at radius 2 is 2.07 bits per heavy atom. The summed E-state index contributed by atoms with van der Waals surface area (Å²) in [6.07, 6.45) is 2.82. The highest BCUT2D eigenvalue weighted by Crippen LogP contribution is 2.33. The number of carboxylic acids is 1. The van der Waals surface area contributed by atoms with Crippen molar-refractivity contribution in [1.29, 1.82) is 0 Å². The van der Waals surface area contributed by atoms with E-state index in [1.807, 2.05) is 12.1 Å². The molecule has 1 fully saturated rings. The van der Waals surface area contributed by atoms with E-state index in [1.54, 1.807) is 0 Å². The van der Waals surface area contributed by atoms with E-state index in [4.69, 9.17) is 9.94 Å². The Labute approximate surface area is 160 Å². The number of hydroxylamine groups is 1. The van der Waals surface area contributed by atoms with Crippen molar-refractivity contribution in [2.45, 2.75) is 51.7 Å². The maximum absolute atomic E-state index is 12.2. The topological polar surface area (TPSA) is 82.1 Å². The number of piperidine rings is 1. The van der Waals surface area contributed by atoms with Crippen molar-refractivity contribution in [3.63, 3.8) is 0 Å². The summed E-state index contributed by atoms with van der Waals surface area (Å²) in [6.45, 7) is 6.79. The van der Waals surface area contributed by atoms with Crippen LogP contribution in [-0.4, -0.2) is 54.2 Å². The Morgan fingerprint density at radius 1 is 1.33 bits per heavy atom. The third kappa shape index (κ3) is 4.86. The highest BCUT2D eigenvalue weighted by Gasteiger charge is 2.27. The quantitative estimate of drug-likeness (QED) is 0.741. The molecular weight excluding hydrogens is 346 g/mol. The predicted octanol–water partition coefficient (Wildman–Crippen LogP) is 2.12. The number of fused-ring (bicyclic) bond motifs is 1. The van der Waals surface area contributed by atoms with Gasteiger partial charge < -0.3 is 10.4 Å². The van der Waals surface area contributed by atoms with E-state index in [9.17, 15) is 9.59 Å². The lowest BCUT2D eigenvalue weighted by molar-refractivity contribution is -0.137. The van der Waals surface area contributed by atoms with Gasteiger partial charge in [0.2, 0.25) is 5.91 Å². The fourth-order valence-corrected chi connectivity index (χ4v) is 3.89. The zero-order valence-electron chi connectivity index (χ0n) is 16.1. The van der Waals surface area contributed by atoms with Gasteiger partial charge in [0.25, 0.3) is 0 Å². The highest BCUT2D eigenvalue weighted by atomic mass is 16.7. The zero-order chi connectivity index (χ0) is 19.4. The number of anilines is 1. The molecule has 0 aliphatic carbocycles. The van der Waals surface area contributed by atoms with Crippen molar-refractivity contribution in [3.05, 3.63) is 29.3 Å². The lowest BCUT2D eigenvalue weighted by Gasteiger charge is -2.36. The van der Waals surface area contributed by atoms with Crippen LogP contribution in [0.2, 0.25) is 0 Å². The molecule has 0 radical (unpaired) electrons. The molecule has 0 bridgehead atoms. The summed E-state index contributed by atoms with van der Waals surface area (Å²) in [5.41, 5.74) is 3.14. The molecule has 3 rings (SSSR count). The summed E-state index contributed by atoms with van der Waals surface area (Å²) >= 11 is 0. The van der Waals surface area contributed by atoms with Crippen LogP contribution < -0.4 is 10.4 Å². The van der Waals surface area contributed by atoms with Gasteiger partial charge in [-0.3, -0.25) is 19.3 Å². The smallest absolute Gasteiger partial charge is 0.304 e. The van der Waals surface area contributed by atoms with Gasteiger partial charge in [-0.1, -0.05) is 6.07 Å². The number of hydrogen-bond donors (Lipinski definition) is 2. The van der Waals surface area contributed by atoms with E-state index < -0.39 is 5.97 Å². The van der Waals surface area contributed by atoms with Crippen LogP contribution in [0.25, 0.3) is 0 Å². The number of hydrogen-bond acceptors (Lipinski definition) is 5. The first-order chi connectivity index (χ1) is 13.0. The van der Waals surface area contributed by atoms with Crippen LogP contribution in [-0.2, 0) is 20.8 Å². The molecule has 7 nitrogen and oxygen atoms in total. The van der Waals surface area contributed by atoms with Crippen LogP contribution in [0.3, 0.4) is 0 Å². The number of benzene rings is 1. The normalized spacial score (nSPS) is 20.9. The fourth-order valence-electron chi connectivity index (χ4n) is 3.89. The Hall–Kier alpha value is -1.96. The Kier molecular flexibility index (Phi) is 6.46. The average molecular weight is 375 g/mol. The predicted molar refractivity (Wildman–Crippen MR) is 103 cm³/mol. The van der Waals surface area contributed by atoms with Crippen LogP contribution in [0.5, 0.6) is 0 Å². The van der Waals surface area contributed by atoms with Crippen molar-refractivity contribution >= 4 is 17.6 Å². The van der Waals surface area contributed by atoms with Crippen LogP contribution in [0.1, 0.15) is 50.3 Å². The summed E-state index contributed by atoms with van der Waals surface area (Å²) in [7, 11) is 0. The second kappa shape index (κ2) is 8.82. The molecule has 0 aromatic heterocycles. The third-order valence-corrected chi connectivity index (χ3v) is 5.47. The lowest BCUT2D eigenvalue weighted by atomic mass is 9.92. The van der Waals surface area contributed by atoms with Gasteiger partial charge in [-0.05, 0) is 62.5 Å². The van der Waals surface area contributed by atoms with E-state index in [1.165, 1.54) is 17.6 Å². The molecule has 1 saturated heterocycles. The first kappa shape index (κ1) is 19.8. The molecule has 2 aliphatic rings. The molecule has 1 unspecified atom stereocenters. The molecule has 2 heterocycles. The van der Waals surface area contributed by atoms with E-state index in [0.717, 1.165) is 50.1 Å². The number of aliphatic carboxylic acids is 1. The molecule has 0 spiro atoms. The molecule has 27 heavy (non-hydrogen) atoms. The Bertz CT molecular complexity index is 688. The minimum atomic E-state index is -0.778. The maximum atomic E-state index is 12.2. The fraction of sp³-hybridized carbons (Fsp3) is 0.600. The number of nitrogens with one attached hydrogen (secondary N) is 1. The monoisotopic (exact) mass is 375 g/mol. The van der Waals surface area contributed by atoms with Gasteiger partial charge in [0.1, 0.15) is 0 Å². The summed E-state index contributed by atoms with van der Waals surface area (Å²) in [6, 6.07) is 6.15. The zero-order valence-corrected chi connectivity index (χ0v) is 16.1.